The van der Waals surface area contributed by atoms with Crippen molar-refractivity contribution in [3.05, 3.63) is 56.5 Å². The molecule has 1 aliphatic heterocycles. The minimum absolute atomic E-state index is 0.0947. The predicted molar refractivity (Wildman–Crippen MR) is 88.4 cm³/mol. The third kappa shape index (κ3) is 2.74. The summed E-state index contributed by atoms with van der Waals surface area (Å²) >= 11 is 6.83. The van der Waals surface area contributed by atoms with Crippen molar-refractivity contribution in [2.45, 2.75) is 6.42 Å². The Morgan fingerprint density at radius 1 is 1.15 bits per heavy atom. The second-order valence-corrected chi connectivity index (χ2v) is 6.40. The molecule has 5 heteroatoms. The van der Waals surface area contributed by atoms with Crippen LogP contribution >= 0.6 is 31.9 Å². The van der Waals surface area contributed by atoms with Crippen LogP contribution in [0.5, 0.6) is 0 Å². The van der Waals surface area contributed by atoms with E-state index in [2.05, 4.69) is 42.5 Å². The van der Waals surface area contributed by atoms with Crippen molar-refractivity contribution in [3.63, 3.8) is 0 Å². The molecule has 0 spiro atoms. The smallest absolute Gasteiger partial charge is 0.255 e. The van der Waals surface area contributed by atoms with E-state index < -0.39 is 0 Å². The highest BCUT2D eigenvalue weighted by Crippen LogP contribution is 2.27. The van der Waals surface area contributed by atoms with Crippen molar-refractivity contribution in [1.29, 1.82) is 0 Å². The number of benzene rings is 2. The molecule has 20 heavy (non-hydrogen) atoms. The number of fused-ring (bicyclic) bond motifs is 1. The Bertz CT molecular complexity index is 686. The molecule has 0 saturated heterocycles. The number of anilines is 2. The Morgan fingerprint density at radius 2 is 2.00 bits per heavy atom. The van der Waals surface area contributed by atoms with Crippen molar-refractivity contribution < 1.29 is 4.79 Å². The first kappa shape index (κ1) is 13.6. The van der Waals surface area contributed by atoms with E-state index in [-0.39, 0.29) is 5.91 Å². The Kier molecular flexibility index (Phi) is 3.81. The van der Waals surface area contributed by atoms with Gasteiger partial charge >= 0.3 is 0 Å². The molecule has 102 valence electrons. The lowest BCUT2D eigenvalue weighted by atomic mass is 10.1. The zero-order valence-electron chi connectivity index (χ0n) is 10.5. The van der Waals surface area contributed by atoms with Gasteiger partial charge in [0.25, 0.3) is 5.91 Å². The van der Waals surface area contributed by atoms with E-state index in [0.717, 1.165) is 33.3 Å². The van der Waals surface area contributed by atoms with E-state index >= 15 is 0 Å². The molecule has 0 bridgehead atoms. The second-order valence-electron chi connectivity index (χ2n) is 4.63. The van der Waals surface area contributed by atoms with Gasteiger partial charge in [-0.25, -0.2) is 0 Å². The lowest BCUT2D eigenvalue weighted by molar-refractivity contribution is 0.102. The van der Waals surface area contributed by atoms with Crippen LogP contribution in [0.15, 0.2) is 45.3 Å². The normalized spacial score (nSPS) is 12.7. The summed E-state index contributed by atoms with van der Waals surface area (Å²) in [6.45, 7) is 0.943. The van der Waals surface area contributed by atoms with Gasteiger partial charge in [-0.1, -0.05) is 15.9 Å². The van der Waals surface area contributed by atoms with E-state index in [9.17, 15) is 4.79 Å². The zero-order valence-corrected chi connectivity index (χ0v) is 13.7. The molecule has 0 fully saturated rings. The number of rotatable bonds is 2. The summed E-state index contributed by atoms with van der Waals surface area (Å²) in [5.74, 6) is -0.0947. The summed E-state index contributed by atoms with van der Waals surface area (Å²) in [4.78, 5) is 12.3. The van der Waals surface area contributed by atoms with Gasteiger partial charge < -0.3 is 10.6 Å². The zero-order chi connectivity index (χ0) is 14.1. The SMILES string of the molecule is O=C(Nc1ccc(Br)cc1Br)c1ccc2c(c1)CCN2. The van der Waals surface area contributed by atoms with E-state index in [1.165, 1.54) is 5.56 Å². The van der Waals surface area contributed by atoms with Crippen molar-refractivity contribution >= 4 is 49.1 Å². The molecule has 1 heterocycles. The largest absolute Gasteiger partial charge is 0.384 e. The van der Waals surface area contributed by atoms with Crippen molar-refractivity contribution in [1.82, 2.24) is 0 Å². The van der Waals surface area contributed by atoms with Gasteiger partial charge in [0, 0.05) is 26.7 Å². The number of hydrogen-bond donors (Lipinski definition) is 2. The molecular formula is C15H12Br2N2O. The fraction of sp³-hybridized carbons (Fsp3) is 0.133. The molecule has 2 N–H and O–H groups in total. The summed E-state index contributed by atoms with van der Waals surface area (Å²) in [5.41, 5.74) is 3.78. The highest BCUT2D eigenvalue weighted by Gasteiger charge is 2.14. The van der Waals surface area contributed by atoms with E-state index in [4.69, 9.17) is 0 Å². The molecule has 2 aromatic rings. The highest BCUT2D eigenvalue weighted by molar-refractivity contribution is 9.11. The first-order valence-electron chi connectivity index (χ1n) is 6.27. The third-order valence-corrected chi connectivity index (χ3v) is 4.41. The first-order valence-corrected chi connectivity index (χ1v) is 7.85. The molecule has 2 aromatic carbocycles. The van der Waals surface area contributed by atoms with Crippen LogP contribution in [0.1, 0.15) is 15.9 Å². The predicted octanol–water partition coefficient (Wildman–Crippen LogP) is 4.43. The number of halogens is 2. The quantitative estimate of drug-likeness (QED) is 0.789. The van der Waals surface area contributed by atoms with Crippen LogP contribution in [0.3, 0.4) is 0 Å². The van der Waals surface area contributed by atoms with E-state index in [1.807, 2.05) is 36.4 Å². The molecule has 0 aliphatic carbocycles. The maximum atomic E-state index is 12.3. The van der Waals surface area contributed by atoms with Gasteiger partial charge in [0.05, 0.1) is 5.69 Å². The number of carbonyl (C=O) groups excluding carboxylic acids is 1. The molecular weight excluding hydrogens is 384 g/mol. The molecule has 0 atom stereocenters. The fourth-order valence-corrected chi connectivity index (χ4v) is 3.38. The van der Waals surface area contributed by atoms with E-state index in [1.54, 1.807) is 0 Å². The summed E-state index contributed by atoms with van der Waals surface area (Å²) in [7, 11) is 0. The van der Waals surface area contributed by atoms with E-state index in [0.29, 0.717) is 5.56 Å². The van der Waals surface area contributed by atoms with Crippen LogP contribution in [0.2, 0.25) is 0 Å². The van der Waals surface area contributed by atoms with Crippen LogP contribution in [0.25, 0.3) is 0 Å². The molecule has 3 rings (SSSR count). The Balaban J connectivity index is 1.82. The van der Waals surface area contributed by atoms with Gasteiger partial charge in [0.2, 0.25) is 0 Å². The summed E-state index contributed by atoms with van der Waals surface area (Å²) in [6, 6.07) is 11.4. The summed E-state index contributed by atoms with van der Waals surface area (Å²) in [5, 5.41) is 6.20. The topological polar surface area (TPSA) is 41.1 Å². The molecule has 0 radical (unpaired) electrons. The average molecular weight is 396 g/mol. The Labute approximate surface area is 134 Å². The number of carbonyl (C=O) groups is 1. The minimum atomic E-state index is -0.0947. The average Bonchev–Trinajstić information content (AvgIpc) is 2.89. The fourth-order valence-electron chi connectivity index (χ4n) is 2.23. The van der Waals surface area contributed by atoms with Gasteiger partial charge in [-0.2, -0.15) is 0 Å². The van der Waals surface area contributed by atoms with Gasteiger partial charge in [-0.05, 0) is 64.3 Å². The number of nitrogens with one attached hydrogen (secondary N) is 2. The lowest BCUT2D eigenvalue weighted by Gasteiger charge is -2.09. The number of hydrogen-bond acceptors (Lipinski definition) is 2. The van der Waals surface area contributed by atoms with Gasteiger partial charge in [0.1, 0.15) is 0 Å². The highest BCUT2D eigenvalue weighted by atomic mass is 79.9. The maximum Gasteiger partial charge on any atom is 0.255 e. The molecule has 0 unspecified atom stereocenters. The Morgan fingerprint density at radius 3 is 2.80 bits per heavy atom. The molecule has 1 aliphatic rings. The minimum Gasteiger partial charge on any atom is -0.384 e. The molecule has 0 saturated carbocycles. The first-order chi connectivity index (χ1) is 9.63. The monoisotopic (exact) mass is 394 g/mol. The van der Waals surface area contributed by atoms with Crippen LogP contribution < -0.4 is 10.6 Å². The Hall–Kier alpha value is -1.33. The maximum absolute atomic E-state index is 12.3. The standard InChI is InChI=1S/C15H12Br2N2O/c16-11-2-4-14(12(17)8-11)19-15(20)10-1-3-13-9(7-10)5-6-18-13/h1-4,7-8,18H,5-6H2,(H,19,20). The third-order valence-electron chi connectivity index (χ3n) is 3.26. The van der Waals surface area contributed by atoms with Crippen LogP contribution in [0, 0.1) is 0 Å². The number of amides is 1. The lowest BCUT2D eigenvalue weighted by Crippen LogP contribution is -2.12. The van der Waals surface area contributed by atoms with Gasteiger partial charge in [-0.3, -0.25) is 4.79 Å². The van der Waals surface area contributed by atoms with Crippen molar-refractivity contribution in [2.75, 3.05) is 17.2 Å². The summed E-state index contributed by atoms with van der Waals surface area (Å²) < 4.78 is 1.81. The molecule has 3 nitrogen and oxygen atoms in total. The van der Waals surface area contributed by atoms with Crippen LogP contribution in [-0.4, -0.2) is 12.5 Å². The van der Waals surface area contributed by atoms with Crippen molar-refractivity contribution in [3.8, 4) is 0 Å². The second kappa shape index (κ2) is 5.58. The van der Waals surface area contributed by atoms with Crippen molar-refractivity contribution in [2.24, 2.45) is 0 Å². The van der Waals surface area contributed by atoms with Gasteiger partial charge in [-0.15, -0.1) is 0 Å². The molecule has 1 amide bonds. The van der Waals surface area contributed by atoms with Crippen LogP contribution in [-0.2, 0) is 6.42 Å². The summed E-state index contributed by atoms with van der Waals surface area (Å²) in [6.07, 6.45) is 0.971. The van der Waals surface area contributed by atoms with Crippen LogP contribution in [0.4, 0.5) is 11.4 Å². The molecule has 0 aromatic heterocycles. The van der Waals surface area contributed by atoms with Gasteiger partial charge in [0.15, 0.2) is 0 Å².